The SMILES string of the molecule is N=C(N)C(CN1CCOC2CCCCC21)C(F)(F)F. The molecule has 110 valence electrons. The average Bonchev–Trinajstić information content (AvgIpc) is 2.34. The van der Waals surface area contributed by atoms with Crippen LogP contribution in [-0.2, 0) is 4.74 Å². The van der Waals surface area contributed by atoms with E-state index in [1.54, 1.807) is 0 Å². The predicted molar refractivity (Wildman–Crippen MR) is 65.0 cm³/mol. The number of alkyl halides is 3. The average molecular weight is 279 g/mol. The lowest BCUT2D eigenvalue weighted by Crippen LogP contribution is -2.56. The van der Waals surface area contributed by atoms with Gasteiger partial charge in [-0.1, -0.05) is 12.8 Å². The maximum absolute atomic E-state index is 12.9. The first kappa shape index (κ1) is 14.6. The van der Waals surface area contributed by atoms with Crippen molar-refractivity contribution in [1.82, 2.24) is 4.90 Å². The molecule has 0 amide bonds. The van der Waals surface area contributed by atoms with Gasteiger partial charge in [0.25, 0.3) is 0 Å². The van der Waals surface area contributed by atoms with E-state index in [0.717, 1.165) is 25.7 Å². The number of nitrogens with two attached hydrogens (primary N) is 1. The zero-order valence-corrected chi connectivity index (χ0v) is 10.7. The predicted octanol–water partition coefficient (Wildman–Crippen LogP) is 1.74. The Hall–Kier alpha value is -0.820. The minimum atomic E-state index is -4.45. The number of ether oxygens (including phenoxy) is 1. The van der Waals surface area contributed by atoms with Gasteiger partial charge in [0, 0.05) is 19.1 Å². The van der Waals surface area contributed by atoms with Gasteiger partial charge < -0.3 is 10.5 Å². The molecular weight excluding hydrogens is 259 g/mol. The molecule has 0 aromatic rings. The molecule has 7 heteroatoms. The number of rotatable bonds is 3. The maximum Gasteiger partial charge on any atom is 0.399 e. The normalized spacial score (nSPS) is 30.7. The van der Waals surface area contributed by atoms with Crippen molar-refractivity contribution in [3.8, 4) is 0 Å². The highest BCUT2D eigenvalue weighted by atomic mass is 19.4. The Morgan fingerprint density at radius 3 is 2.68 bits per heavy atom. The van der Waals surface area contributed by atoms with Crippen LogP contribution in [0.2, 0.25) is 0 Å². The lowest BCUT2D eigenvalue weighted by molar-refractivity contribution is -0.170. The van der Waals surface area contributed by atoms with E-state index in [0.29, 0.717) is 13.2 Å². The monoisotopic (exact) mass is 279 g/mol. The molecule has 4 nitrogen and oxygen atoms in total. The van der Waals surface area contributed by atoms with Crippen LogP contribution in [-0.4, -0.2) is 48.8 Å². The van der Waals surface area contributed by atoms with Gasteiger partial charge in [0.1, 0.15) is 11.8 Å². The van der Waals surface area contributed by atoms with E-state index in [-0.39, 0.29) is 18.7 Å². The molecule has 19 heavy (non-hydrogen) atoms. The lowest BCUT2D eigenvalue weighted by Gasteiger charge is -2.45. The summed E-state index contributed by atoms with van der Waals surface area (Å²) >= 11 is 0. The van der Waals surface area contributed by atoms with E-state index in [1.165, 1.54) is 0 Å². The van der Waals surface area contributed by atoms with Crippen molar-refractivity contribution < 1.29 is 17.9 Å². The molecule has 0 aromatic carbocycles. The number of nitrogens with zero attached hydrogens (tertiary/aromatic N) is 1. The molecule has 1 aliphatic carbocycles. The van der Waals surface area contributed by atoms with Crippen LogP contribution in [0.3, 0.4) is 0 Å². The molecule has 0 radical (unpaired) electrons. The number of fused-ring (bicyclic) bond motifs is 1. The molecule has 0 spiro atoms. The molecule has 1 saturated carbocycles. The second-order valence-electron chi connectivity index (χ2n) is 5.31. The van der Waals surface area contributed by atoms with Gasteiger partial charge >= 0.3 is 6.18 Å². The fraction of sp³-hybridized carbons (Fsp3) is 0.917. The summed E-state index contributed by atoms with van der Waals surface area (Å²) in [6.45, 7) is 0.730. The summed E-state index contributed by atoms with van der Waals surface area (Å²) in [4.78, 5) is 1.81. The Morgan fingerprint density at radius 1 is 1.37 bits per heavy atom. The first-order valence-corrected chi connectivity index (χ1v) is 6.66. The minimum absolute atomic E-state index is 0.0448. The highest BCUT2D eigenvalue weighted by molar-refractivity contribution is 5.80. The van der Waals surface area contributed by atoms with Crippen LogP contribution in [0, 0.1) is 11.3 Å². The van der Waals surface area contributed by atoms with Crippen molar-refractivity contribution in [2.45, 2.75) is 44.0 Å². The number of amidine groups is 1. The molecule has 1 saturated heterocycles. The largest absolute Gasteiger partial charge is 0.399 e. The Morgan fingerprint density at radius 2 is 2.05 bits per heavy atom. The zero-order valence-electron chi connectivity index (χ0n) is 10.7. The van der Waals surface area contributed by atoms with Crippen molar-refractivity contribution in [1.29, 1.82) is 5.41 Å². The lowest BCUT2D eigenvalue weighted by atomic mass is 9.89. The topological polar surface area (TPSA) is 62.3 Å². The second-order valence-corrected chi connectivity index (χ2v) is 5.31. The molecule has 1 aliphatic heterocycles. The summed E-state index contributed by atoms with van der Waals surface area (Å²) < 4.78 is 44.2. The van der Waals surface area contributed by atoms with Gasteiger partial charge in [0.15, 0.2) is 0 Å². The summed E-state index contributed by atoms with van der Waals surface area (Å²) in [6.07, 6.45) is -0.523. The molecule has 2 fully saturated rings. The molecule has 0 aromatic heterocycles. The molecule has 3 atom stereocenters. The van der Waals surface area contributed by atoms with E-state index in [2.05, 4.69) is 0 Å². The molecular formula is C12H20F3N3O. The fourth-order valence-corrected chi connectivity index (χ4v) is 3.02. The van der Waals surface area contributed by atoms with E-state index < -0.39 is 17.9 Å². The number of morpholine rings is 1. The molecule has 3 N–H and O–H groups in total. The molecule has 2 aliphatic rings. The van der Waals surface area contributed by atoms with Gasteiger partial charge in [-0.3, -0.25) is 10.3 Å². The third-order valence-electron chi connectivity index (χ3n) is 4.03. The summed E-state index contributed by atoms with van der Waals surface area (Å²) in [7, 11) is 0. The Labute approximate surface area is 110 Å². The Balaban J connectivity index is 2.05. The van der Waals surface area contributed by atoms with Crippen molar-refractivity contribution in [2.24, 2.45) is 11.7 Å². The Kier molecular flexibility index (Phi) is 4.35. The number of hydrogen-bond donors (Lipinski definition) is 2. The van der Waals surface area contributed by atoms with Gasteiger partial charge in [-0.2, -0.15) is 13.2 Å². The zero-order chi connectivity index (χ0) is 14.0. The Bertz CT molecular complexity index is 333. The first-order valence-electron chi connectivity index (χ1n) is 6.66. The van der Waals surface area contributed by atoms with Gasteiger partial charge in [0.2, 0.25) is 0 Å². The van der Waals surface area contributed by atoms with Crippen molar-refractivity contribution in [2.75, 3.05) is 19.7 Å². The van der Waals surface area contributed by atoms with Crippen LogP contribution in [0.4, 0.5) is 13.2 Å². The maximum atomic E-state index is 12.9. The molecule has 0 bridgehead atoms. The first-order chi connectivity index (χ1) is 8.89. The van der Waals surface area contributed by atoms with Gasteiger partial charge in [0.05, 0.1) is 12.7 Å². The van der Waals surface area contributed by atoms with E-state index in [9.17, 15) is 13.2 Å². The van der Waals surface area contributed by atoms with Gasteiger partial charge in [-0.05, 0) is 12.8 Å². The van der Waals surface area contributed by atoms with Crippen LogP contribution in [0.5, 0.6) is 0 Å². The smallest absolute Gasteiger partial charge is 0.387 e. The van der Waals surface area contributed by atoms with Crippen LogP contribution < -0.4 is 5.73 Å². The van der Waals surface area contributed by atoms with E-state index >= 15 is 0 Å². The summed E-state index contributed by atoms with van der Waals surface area (Å²) in [6, 6.07) is 0.0479. The van der Waals surface area contributed by atoms with E-state index in [1.807, 2.05) is 4.90 Å². The van der Waals surface area contributed by atoms with Crippen molar-refractivity contribution in [3.63, 3.8) is 0 Å². The number of nitrogens with one attached hydrogen (secondary N) is 1. The van der Waals surface area contributed by atoms with Crippen molar-refractivity contribution >= 4 is 5.84 Å². The standard InChI is InChI=1S/C12H20F3N3O/c13-12(14,15)8(11(16)17)7-18-5-6-19-10-4-2-1-3-9(10)18/h8-10H,1-7H2,(H3,16,17). The minimum Gasteiger partial charge on any atom is -0.387 e. The number of halogens is 3. The van der Waals surface area contributed by atoms with Gasteiger partial charge in [-0.15, -0.1) is 0 Å². The van der Waals surface area contributed by atoms with Gasteiger partial charge in [-0.25, -0.2) is 0 Å². The van der Waals surface area contributed by atoms with Crippen LogP contribution >= 0.6 is 0 Å². The summed E-state index contributed by atoms with van der Waals surface area (Å²) in [5.41, 5.74) is 5.11. The third kappa shape index (κ3) is 3.39. The summed E-state index contributed by atoms with van der Waals surface area (Å²) in [5.74, 6) is -2.67. The van der Waals surface area contributed by atoms with E-state index in [4.69, 9.17) is 15.9 Å². The summed E-state index contributed by atoms with van der Waals surface area (Å²) in [5, 5.41) is 7.16. The highest BCUT2D eigenvalue weighted by Crippen LogP contribution is 2.32. The third-order valence-corrected chi connectivity index (χ3v) is 4.03. The van der Waals surface area contributed by atoms with Crippen LogP contribution in [0.15, 0.2) is 0 Å². The highest BCUT2D eigenvalue weighted by Gasteiger charge is 2.45. The second kappa shape index (κ2) is 5.66. The number of hydrogen-bond acceptors (Lipinski definition) is 3. The molecule has 1 heterocycles. The quantitative estimate of drug-likeness (QED) is 0.611. The van der Waals surface area contributed by atoms with Crippen LogP contribution in [0.1, 0.15) is 25.7 Å². The molecule has 3 unspecified atom stereocenters. The van der Waals surface area contributed by atoms with Crippen LogP contribution in [0.25, 0.3) is 0 Å². The molecule has 2 rings (SSSR count). The van der Waals surface area contributed by atoms with Crippen molar-refractivity contribution in [3.05, 3.63) is 0 Å². The fourth-order valence-electron chi connectivity index (χ4n) is 3.02.